The Kier molecular flexibility index (Phi) is 6.24. The van der Waals surface area contributed by atoms with Crippen LogP contribution in [0, 0.1) is 0 Å². The monoisotopic (exact) mass is 418 g/mol. The maximum atomic E-state index is 13.1. The Morgan fingerprint density at radius 1 is 0.931 bits per heavy atom. The predicted octanol–water partition coefficient (Wildman–Crippen LogP) is 6.72. The molecule has 0 N–H and O–H groups in total. The highest BCUT2D eigenvalue weighted by atomic mass is 19.4. The average molecular weight is 418 g/mol. The minimum absolute atomic E-state index is 0.111. The van der Waals surface area contributed by atoms with Crippen LogP contribution in [0.25, 0.3) is 0 Å². The van der Waals surface area contributed by atoms with Crippen molar-refractivity contribution in [3.63, 3.8) is 0 Å². The molecular formula is C21H20F6O2. The summed E-state index contributed by atoms with van der Waals surface area (Å²) in [5, 5.41) is 0. The van der Waals surface area contributed by atoms with Gasteiger partial charge in [0.25, 0.3) is 0 Å². The third-order valence-electron chi connectivity index (χ3n) is 4.92. The van der Waals surface area contributed by atoms with Crippen LogP contribution < -0.4 is 0 Å². The van der Waals surface area contributed by atoms with Crippen molar-refractivity contribution in [2.75, 3.05) is 6.61 Å². The lowest BCUT2D eigenvalue weighted by molar-refractivity contribution is -0.197. The molecule has 8 heteroatoms. The Morgan fingerprint density at radius 2 is 1.52 bits per heavy atom. The molecule has 2 aromatic rings. The third kappa shape index (κ3) is 5.30. The van der Waals surface area contributed by atoms with Gasteiger partial charge in [-0.2, -0.15) is 26.3 Å². The van der Waals surface area contributed by atoms with Gasteiger partial charge in [0.15, 0.2) is 6.29 Å². The van der Waals surface area contributed by atoms with E-state index in [1.165, 1.54) is 6.92 Å². The van der Waals surface area contributed by atoms with Gasteiger partial charge in [-0.3, -0.25) is 0 Å². The summed E-state index contributed by atoms with van der Waals surface area (Å²) in [6.45, 7) is 1.84. The second kappa shape index (κ2) is 8.36. The molecule has 0 radical (unpaired) electrons. The SMILES string of the molecule is C[C@@H](O[C@H]1OCCC[C@@H]1c1ccccc1)c1cc(C(F)(F)F)cc(C(F)(F)F)c1. The summed E-state index contributed by atoms with van der Waals surface area (Å²) < 4.78 is 90.1. The van der Waals surface area contributed by atoms with Gasteiger partial charge in [-0.25, -0.2) is 0 Å². The van der Waals surface area contributed by atoms with Crippen LogP contribution in [0.5, 0.6) is 0 Å². The van der Waals surface area contributed by atoms with Gasteiger partial charge in [-0.05, 0) is 49.1 Å². The standard InChI is InChI=1S/C21H20F6O2/c1-13(15-10-16(20(22,23)24)12-17(11-15)21(25,26)27)29-19-18(8-5-9-28-19)14-6-3-2-4-7-14/h2-4,6-7,10-13,18-19H,5,8-9H2,1H3/t13-,18-,19-/m1/s1. The lowest BCUT2D eigenvalue weighted by Gasteiger charge is -2.34. The summed E-state index contributed by atoms with van der Waals surface area (Å²) in [6, 6.07) is 10.9. The largest absolute Gasteiger partial charge is 0.416 e. The van der Waals surface area contributed by atoms with E-state index in [2.05, 4.69) is 0 Å². The number of alkyl halides is 6. The smallest absolute Gasteiger partial charge is 0.352 e. The van der Waals surface area contributed by atoms with Crippen molar-refractivity contribution in [3.05, 3.63) is 70.8 Å². The molecule has 158 valence electrons. The predicted molar refractivity (Wildman–Crippen MR) is 94.1 cm³/mol. The Labute approximate surface area is 164 Å². The number of rotatable bonds is 4. The molecule has 0 amide bonds. The van der Waals surface area contributed by atoms with E-state index in [0.717, 1.165) is 18.4 Å². The highest BCUT2D eigenvalue weighted by Crippen LogP contribution is 2.39. The number of ether oxygens (including phenoxy) is 2. The molecule has 0 aromatic heterocycles. The van der Waals surface area contributed by atoms with Crippen molar-refractivity contribution in [2.24, 2.45) is 0 Å². The van der Waals surface area contributed by atoms with Crippen LogP contribution in [0.1, 0.15) is 54.0 Å². The van der Waals surface area contributed by atoms with Crippen LogP contribution in [0.4, 0.5) is 26.3 Å². The topological polar surface area (TPSA) is 18.5 Å². The zero-order chi connectivity index (χ0) is 21.2. The highest BCUT2D eigenvalue weighted by Gasteiger charge is 2.38. The van der Waals surface area contributed by atoms with Crippen molar-refractivity contribution in [1.82, 2.24) is 0 Å². The van der Waals surface area contributed by atoms with Crippen molar-refractivity contribution in [3.8, 4) is 0 Å². The van der Waals surface area contributed by atoms with Gasteiger partial charge < -0.3 is 9.47 Å². The lowest BCUT2D eigenvalue weighted by atomic mass is 9.92. The normalized spacial score (nSPS) is 21.8. The summed E-state index contributed by atoms with van der Waals surface area (Å²) in [5.41, 5.74) is -1.97. The minimum Gasteiger partial charge on any atom is -0.352 e. The maximum absolute atomic E-state index is 13.1. The number of benzene rings is 2. The van der Waals surface area contributed by atoms with E-state index in [1.807, 2.05) is 30.3 Å². The first-order chi connectivity index (χ1) is 13.6. The Balaban J connectivity index is 1.88. The second-order valence-electron chi connectivity index (χ2n) is 7.02. The summed E-state index contributed by atoms with van der Waals surface area (Å²) in [5.74, 6) is -0.153. The van der Waals surface area contributed by atoms with Crippen LogP contribution in [-0.4, -0.2) is 12.9 Å². The van der Waals surface area contributed by atoms with Crippen molar-refractivity contribution < 1.29 is 35.8 Å². The van der Waals surface area contributed by atoms with E-state index in [4.69, 9.17) is 9.47 Å². The number of hydrogen-bond acceptors (Lipinski definition) is 2. The molecule has 1 heterocycles. The fourth-order valence-electron chi connectivity index (χ4n) is 3.41. The second-order valence-corrected chi connectivity index (χ2v) is 7.02. The molecule has 2 nitrogen and oxygen atoms in total. The van der Waals surface area contributed by atoms with Gasteiger partial charge in [0.2, 0.25) is 0 Å². The fraction of sp³-hybridized carbons (Fsp3) is 0.429. The molecule has 3 atom stereocenters. The van der Waals surface area contributed by atoms with Crippen LogP contribution in [0.2, 0.25) is 0 Å². The van der Waals surface area contributed by atoms with E-state index >= 15 is 0 Å². The third-order valence-corrected chi connectivity index (χ3v) is 4.92. The molecule has 0 spiro atoms. The van der Waals surface area contributed by atoms with Crippen LogP contribution in [-0.2, 0) is 21.8 Å². The van der Waals surface area contributed by atoms with Crippen LogP contribution >= 0.6 is 0 Å². The molecule has 1 fully saturated rings. The van der Waals surface area contributed by atoms with E-state index in [-0.39, 0.29) is 17.5 Å². The average Bonchev–Trinajstić information content (AvgIpc) is 2.67. The van der Waals surface area contributed by atoms with Crippen molar-refractivity contribution in [2.45, 2.75) is 50.4 Å². The Hall–Kier alpha value is -2.06. The zero-order valence-electron chi connectivity index (χ0n) is 15.6. The molecule has 1 aliphatic rings. The summed E-state index contributed by atoms with van der Waals surface area (Å²) >= 11 is 0. The van der Waals surface area contributed by atoms with Gasteiger partial charge in [0.1, 0.15) is 0 Å². The van der Waals surface area contributed by atoms with Gasteiger partial charge in [0.05, 0.1) is 17.2 Å². The molecule has 3 rings (SSSR count). The molecular weight excluding hydrogens is 398 g/mol. The lowest BCUT2D eigenvalue weighted by Crippen LogP contribution is -2.31. The van der Waals surface area contributed by atoms with Gasteiger partial charge >= 0.3 is 12.4 Å². The van der Waals surface area contributed by atoms with E-state index < -0.39 is 35.9 Å². The minimum atomic E-state index is -4.90. The Morgan fingerprint density at radius 3 is 2.07 bits per heavy atom. The molecule has 2 aromatic carbocycles. The highest BCUT2D eigenvalue weighted by molar-refractivity contribution is 5.34. The fourth-order valence-corrected chi connectivity index (χ4v) is 3.41. The Bertz CT molecular complexity index is 784. The molecule has 0 saturated carbocycles. The van der Waals surface area contributed by atoms with Gasteiger partial charge in [0, 0.05) is 12.5 Å². The van der Waals surface area contributed by atoms with Crippen molar-refractivity contribution in [1.29, 1.82) is 0 Å². The molecule has 1 saturated heterocycles. The molecule has 29 heavy (non-hydrogen) atoms. The van der Waals surface area contributed by atoms with Crippen LogP contribution in [0.3, 0.4) is 0 Å². The van der Waals surface area contributed by atoms with Crippen molar-refractivity contribution >= 4 is 0 Å². The molecule has 0 aliphatic carbocycles. The summed E-state index contributed by atoms with van der Waals surface area (Å²) in [4.78, 5) is 0. The maximum Gasteiger partial charge on any atom is 0.416 e. The van der Waals surface area contributed by atoms with Crippen LogP contribution in [0.15, 0.2) is 48.5 Å². The molecule has 1 aliphatic heterocycles. The first kappa shape index (κ1) is 21.6. The van der Waals surface area contributed by atoms with Gasteiger partial charge in [-0.15, -0.1) is 0 Å². The number of hydrogen-bond donors (Lipinski definition) is 0. The molecule has 0 unspecified atom stereocenters. The van der Waals surface area contributed by atoms with E-state index in [1.54, 1.807) is 0 Å². The van der Waals surface area contributed by atoms with E-state index in [0.29, 0.717) is 18.7 Å². The van der Waals surface area contributed by atoms with Gasteiger partial charge in [-0.1, -0.05) is 30.3 Å². The van der Waals surface area contributed by atoms with E-state index in [9.17, 15) is 26.3 Å². The summed E-state index contributed by atoms with van der Waals surface area (Å²) in [6.07, 6.45) is -10.0. The molecule has 0 bridgehead atoms. The summed E-state index contributed by atoms with van der Waals surface area (Å²) in [7, 11) is 0. The zero-order valence-corrected chi connectivity index (χ0v) is 15.6. The number of halogens is 6. The first-order valence-electron chi connectivity index (χ1n) is 9.17. The quantitative estimate of drug-likeness (QED) is 0.513. The first-order valence-corrected chi connectivity index (χ1v) is 9.17.